The quantitative estimate of drug-likeness (QED) is 0.826. The maximum atomic E-state index is 8.67. The Labute approximate surface area is 114 Å². The van der Waals surface area contributed by atoms with Crippen molar-refractivity contribution in [1.29, 1.82) is 0 Å². The highest BCUT2D eigenvalue weighted by atomic mass is 32.1. The Bertz CT molecular complexity index is 425. The average Bonchev–Trinajstić information content (AvgIpc) is 2.77. The summed E-state index contributed by atoms with van der Waals surface area (Å²) < 4.78 is 0. The van der Waals surface area contributed by atoms with E-state index in [-0.39, 0.29) is 6.61 Å². The summed E-state index contributed by atoms with van der Waals surface area (Å²) in [6, 6.07) is 4.22. The van der Waals surface area contributed by atoms with Crippen molar-refractivity contribution in [2.45, 2.75) is 32.7 Å². The molecule has 0 atom stereocenters. The molecule has 0 aromatic carbocycles. The van der Waals surface area contributed by atoms with Crippen LogP contribution in [0.15, 0.2) is 12.1 Å². The molecular formula is C15H21NOS. The molecule has 1 heterocycles. The second kappa shape index (κ2) is 6.94. The smallest absolute Gasteiger partial charge is 0.104 e. The molecule has 98 valence electrons. The summed E-state index contributed by atoms with van der Waals surface area (Å²) in [5, 5.41) is 8.67. The minimum atomic E-state index is -0.0595. The second-order valence-corrected chi connectivity index (χ2v) is 6.02. The number of hydrogen-bond acceptors (Lipinski definition) is 3. The maximum absolute atomic E-state index is 8.67. The van der Waals surface area contributed by atoms with Crippen LogP contribution >= 0.6 is 11.3 Å². The number of aliphatic hydroxyl groups excluding tert-OH is 1. The molecule has 1 saturated carbocycles. The van der Waals surface area contributed by atoms with Crippen LogP contribution in [0.3, 0.4) is 0 Å². The molecular weight excluding hydrogens is 242 g/mol. The topological polar surface area (TPSA) is 23.5 Å². The van der Waals surface area contributed by atoms with Crippen molar-refractivity contribution in [1.82, 2.24) is 4.90 Å². The van der Waals surface area contributed by atoms with Crippen molar-refractivity contribution >= 4 is 11.3 Å². The summed E-state index contributed by atoms with van der Waals surface area (Å²) >= 11 is 1.74. The van der Waals surface area contributed by atoms with Crippen molar-refractivity contribution in [3.63, 3.8) is 0 Å². The third-order valence-electron chi connectivity index (χ3n) is 3.52. The molecule has 1 aliphatic rings. The summed E-state index contributed by atoms with van der Waals surface area (Å²) in [6.45, 7) is 5.57. The van der Waals surface area contributed by atoms with Gasteiger partial charge in [0.2, 0.25) is 0 Å². The van der Waals surface area contributed by atoms with Crippen molar-refractivity contribution in [3.8, 4) is 11.8 Å². The third kappa shape index (κ3) is 3.84. The van der Waals surface area contributed by atoms with Gasteiger partial charge in [-0.05, 0) is 37.4 Å². The second-order valence-electron chi connectivity index (χ2n) is 4.85. The van der Waals surface area contributed by atoms with E-state index in [4.69, 9.17) is 5.11 Å². The highest BCUT2D eigenvalue weighted by Gasteiger charge is 2.20. The normalized spacial score (nSPS) is 15.3. The van der Waals surface area contributed by atoms with Gasteiger partial charge in [-0.25, -0.2) is 0 Å². The molecule has 2 nitrogen and oxygen atoms in total. The summed E-state index contributed by atoms with van der Waals surface area (Å²) in [7, 11) is 0. The van der Waals surface area contributed by atoms with Crippen LogP contribution in [0, 0.1) is 17.8 Å². The van der Waals surface area contributed by atoms with E-state index >= 15 is 0 Å². The zero-order valence-electron chi connectivity index (χ0n) is 11.0. The van der Waals surface area contributed by atoms with Crippen LogP contribution in [0.2, 0.25) is 0 Å². The van der Waals surface area contributed by atoms with Crippen molar-refractivity contribution < 1.29 is 5.11 Å². The lowest BCUT2D eigenvalue weighted by Crippen LogP contribution is -2.31. The van der Waals surface area contributed by atoms with Crippen LogP contribution in [-0.4, -0.2) is 29.7 Å². The lowest BCUT2D eigenvalue weighted by Gasteiger charge is -2.31. The van der Waals surface area contributed by atoms with Gasteiger partial charge in [0.15, 0.2) is 0 Å². The Hall–Kier alpha value is -0.820. The first-order valence-electron chi connectivity index (χ1n) is 6.72. The van der Waals surface area contributed by atoms with Crippen LogP contribution in [0.25, 0.3) is 0 Å². The van der Waals surface area contributed by atoms with Gasteiger partial charge in [-0.1, -0.05) is 25.2 Å². The summed E-state index contributed by atoms with van der Waals surface area (Å²) in [4.78, 5) is 4.95. The Kier molecular flexibility index (Phi) is 5.25. The summed E-state index contributed by atoms with van der Waals surface area (Å²) in [5.41, 5.74) is 0. The standard InChI is InChI=1S/C15H21NOS/c1-2-16(11-13-5-3-6-13)12-15-9-8-14(18-15)7-4-10-17/h8-9,13,17H,2-3,5-6,10-12H2,1H3. The molecule has 0 unspecified atom stereocenters. The Morgan fingerprint density at radius 3 is 2.89 bits per heavy atom. The zero-order valence-corrected chi connectivity index (χ0v) is 11.8. The molecule has 0 aliphatic heterocycles. The average molecular weight is 263 g/mol. The van der Waals surface area contributed by atoms with Crippen LogP contribution < -0.4 is 0 Å². The molecule has 1 fully saturated rings. The Morgan fingerprint density at radius 2 is 2.28 bits per heavy atom. The predicted molar refractivity (Wildman–Crippen MR) is 76.6 cm³/mol. The fraction of sp³-hybridized carbons (Fsp3) is 0.600. The SMILES string of the molecule is CCN(Cc1ccc(C#CCO)s1)CC1CCC1. The fourth-order valence-electron chi connectivity index (χ4n) is 2.22. The Morgan fingerprint density at radius 1 is 1.44 bits per heavy atom. The van der Waals surface area contributed by atoms with Gasteiger partial charge in [0, 0.05) is 18.0 Å². The molecule has 2 rings (SSSR count). The van der Waals surface area contributed by atoms with Crippen LogP contribution in [0.4, 0.5) is 0 Å². The number of aliphatic hydroxyl groups is 1. The molecule has 1 aliphatic carbocycles. The monoisotopic (exact) mass is 263 g/mol. The number of hydrogen-bond donors (Lipinski definition) is 1. The van der Waals surface area contributed by atoms with E-state index in [2.05, 4.69) is 35.8 Å². The largest absolute Gasteiger partial charge is 0.384 e. The van der Waals surface area contributed by atoms with Crippen molar-refractivity contribution in [2.24, 2.45) is 5.92 Å². The van der Waals surface area contributed by atoms with Gasteiger partial charge < -0.3 is 5.11 Å². The van der Waals surface area contributed by atoms with Gasteiger partial charge in [0.25, 0.3) is 0 Å². The minimum Gasteiger partial charge on any atom is -0.384 e. The summed E-state index contributed by atoms with van der Waals surface area (Å²) in [5.74, 6) is 6.60. The minimum absolute atomic E-state index is 0.0595. The van der Waals surface area contributed by atoms with Gasteiger partial charge in [0.1, 0.15) is 6.61 Å². The van der Waals surface area contributed by atoms with Gasteiger partial charge in [-0.15, -0.1) is 11.3 Å². The lowest BCUT2D eigenvalue weighted by atomic mass is 9.85. The Balaban J connectivity index is 1.87. The van der Waals surface area contributed by atoms with Crippen LogP contribution in [0.1, 0.15) is 35.9 Å². The molecule has 0 spiro atoms. The van der Waals surface area contributed by atoms with E-state index in [1.165, 1.54) is 30.7 Å². The molecule has 0 bridgehead atoms. The highest BCUT2D eigenvalue weighted by Crippen LogP contribution is 2.28. The first kappa shape index (κ1) is 13.6. The maximum Gasteiger partial charge on any atom is 0.104 e. The number of thiophene rings is 1. The van der Waals surface area contributed by atoms with E-state index in [0.717, 1.165) is 23.9 Å². The predicted octanol–water partition coefficient (Wildman–Crippen LogP) is 2.71. The van der Waals surface area contributed by atoms with Gasteiger partial charge in [-0.2, -0.15) is 0 Å². The van der Waals surface area contributed by atoms with Gasteiger partial charge in [0.05, 0.1) is 4.88 Å². The molecule has 1 N–H and O–H groups in total. The van der Waals surface area contributed by atoms with E-state index in [9.17, 15) is 0 Å². The fourth-order valence-corrected chi connectivity index (χ4v) is 3.15. The molecule has 1 aromatic rings. The number of nitrogens with zero attached hydrogens (tertiary/aromatic N) is 1. The van der Waals surface area contributed by atoms with E-state index in [0.29, 0.717) is 0 Å². The van der Waals surface area contributed by atoms with Gasteiger partial charge in [-0.3, -0.25) is 4.90 Å². The van der Waals surface area contributed by atoms with E-state index in [1.807, 2.05) is 0 Å². The molecule has 0 amide bonds. The molecule has 18 heavy (non-hydrogen) atoms. The first-order chi connectivity index (χ1) is 8.81. The van der Waals surface area contributed by atoms with Crippen molar-refractivity contribution in [3.05, 3.63) is 21.9 Å². The molecule has 0 radical (unpaired) electrons. The first-order valence-corrected chi connectivity index (χ1v) is 7.54. The van der Waals surface area contributed by atoms with E-state index in [1.54, 1.807) is 11.3 Å². The van der Waals surface area contributed by atoms with Crippen molar-refractivity contribution in [2.75, 3.05) is 19.7 Å². The molecule has 3 heteroatoms. The molecule has 1 aromatic heterocycles. The number of rotatable bonds is 5. The highest BCUT2D eigenvalue weighted by molar-refractivity contribution is 7.12. The summed E-state index contributed by atoms with van der Waals surface area (Å²) in [6.07, 6.45) is 4.24. The zero-order chi connectivity index (χ0) is 12.8. The van der Waals surface area contributed by atoms with Gasteiger partial charge >= 0.3 is 0 Å². The molecule has 0 saturated heterocycles. The van der Waals surface area contributed by atoms with Crippen LogP contribution in [-0.2, 0) is 6.54 Å². The third-order valence-corrected chi connectivity index (χ3v) is 4.51. The van der Waals surface area contributed by atoms with E-state index < -0.39 is 0 Å². The van der Waals surface area contributed by atoms with Crippen LogP contribution in [0.5, 0.6) is 0 Å². The lowest BCUT2D eigenvalue weighted by molar-refractivity contribution is 0.179.